The number of amides is 2. The number of benzene rings is 2. The number of nitrogens with zero attached hydrogens (tertiary/aromatic N) is 2. The molecule has 0 unspecified atom stereocenters. The SMILES string of the molecule is COc1ccc(CN(C)C(=O)c2ccc([C@H]3SCC(=O)N3Cc3ccco3)cc2)cc1OC. The third kappa shape index (κ3) is 5.01. The zero-order chi connectivity index (χ0) is 23.4. The highest BCUT2D eigenvalue weighted by atomic mass is 32.2. The molecule has 1 fully saturated rings. The second-order valence-corrected chi connectivity index (χ2v) is 8.81. The Kier molecular flexibility index (Phi) is 6.93. The number of carbonyl (C=O) groups excluding carboxylic acids is 2. The first-order valence-electron chi connectivity index (χ1n) is 10.5. The van der Waals surface area contributed by atoms with E-state index in [9.17, 15) is 9.59 Å². The van der Waals surface area contributed by atoms with Crippen molar-refractivity contribution in [3.63, 3.8) is 0 Å². The van der Waals surface area contributed by atoms with Gasteiger partial charge in [-0.15, -0.1) is 11.8 Å². The average Bonchev–Trinajstić information content (AvgIpc) is 3.49. The predicted molar refractivity (Wildman–Crippen MR) is 126 cm³/mol. The molecule has 33 heavy (non-hydrogen) atoms. The molecule has 0 bridgehead atoms. The Hall–Kier alpha value is -3.39. The first kappa shape index (κ1) is 22.8. The Labute approximate surface area is 197 Å². The van der Waals surface area contributed by atoms with Crippen LogP contribution in [0.2, 0.25) is 0 Å². The maximum absolute atomic E-state index is 13.0. The van der Waals surface area contributed by atoms with Crippen LogP contribution in [0.3, 0.4) is 0 Å². The molecule has 1 atom stereocenters. The van der Waals surface area contributed by atoms with E-state index in [1.807, 2.05) is 59.5 Å². The number of thioether (sulfide) groups is 1. The van der Waals surface area contributed by atoms with Crippen molar-refractivity contribution < 1.29 is 23.5 Å². The van der Waals surface area contributed by atoms with Gasteiger partial charge in [0.25, 0.3) is 5.91 Å². The lowest BCUT2D eigenvalue weighted by Crippen LogP contribution is -2.28. The van der Waals surface area contributed by atoms with Gasteiger partial charge in [-0.1, -0.05) is 18.2 Å². The van der Waals surface area contributed by atoms with Gasteiger partial charge < -0.3 is 23.7 Å². The number of carbonyl (C=O) groups is 2. The Morgan fingerprint density at radius 1 is 1.12 bits per heavy atom. The molecule has 1 saturated heterocycles. The minimum absolute atomic E-state index is 0.0798. The molecular weight excluding hydrogens is 440 g/mol. The summed E-state index contributed by atoms with van der Waals surface area (Å²) in [5.41, 5.74) is 2.51. The van der Waals surface area contributed by atoms with E-state index in [2.05, 4.69) is 0 Å². The monoisotopic (exact) mass is 466 g/mol. The van der Waals surface area contributed by atoms with Crippen molar-refractivity contribution in [3.8, 4) is 11.5 Å². The van der Waals surface area contributed by atoms with E-state index in [0.29, 0.717) is 35.9 Å². The standard InChI is InChI=1S/C25H26N2O5S/c1-26(14-17-6-11-21(30-2)22(13-17)31-3)24(29)18-7-9-19(10-8-18)25-27(23(28)16-33-25)15-20-5-4-12-32-20/h4-13,25H,14-16H2,1-3H3/t25-/m1/s1. The van der Waals surface area contributed by atoms with Crippen LogP contribution < -0.4 is 9.47 Å². The summed E-state index contributed by atoms with van der Waals surface area (Å²) in [4.78, 5) is 28.8. The number of hydrogen-bond acceptors (Lipinski definition) is 6. The quantitative estimate of drug-likeness (QED) is 0.492. The third-order valence-electron chi connectivity index (χ3n) is 5.53. The van der Waals surface area contributed by atoms with Crippen LogP contribution in [-0.4, -0.2) is 48.6 Å². The van der Waals surface area contributed by atoms with Crippen LogP contribution in [0, 0.1) is 0 Å². The lowest BCUT2D eigenvalue weighted by molar-refractivity contribution is -0.128. The van der Waals surface area contributed by atoms with Crippen LogP contribution in [0.1, 0.15) is 32.6 Å². The van der Waals surface area contributed by atoms with Gasteiger partial charge in [0.1, 0.15) is 11.1 Å². The molecule has 8 heteroatoms. The molecule has 3 aromatic rings. The van der Waals surface area contributed by atoms with Gasteiger partial charge >= 0.3 is 0 Å². The summed E-state index contributed by atoms with van der Waals surface area (Å²) in [7, 11) is 4.95. The molecule has 2 amide bonds. The van der Waals surface area contributed by atoms with Crippen molar-refractivity contribution >= 4 is 23.6 Å². The van der Waals surface area contributed by atoms with Gasteiger partial charge in [0, 0.05) is 19.2 Å². The van der Waals surface area contributed by atoms with E-state index in [4.69, 9.17) is 13.9 Å². The summed E-state index contributed by atoms with van der Waals surface area (Å²) < 4.78 is 16.0. The van der Waals surface area contributed by atoms with Crippen molar-refractivity contribution in [1.82, 2.24) is 9.80 Å². The molecule has 1 aliphatic heterocycles. The molecule has 2 aromatic carbocycles. The van der Waals surface area contributed by atoms with Gasteiger partial charge in [0.2, 0.25) is 5.91 Å². The molecule has 0 radical (unpaired) electrons. The van der Waals surface area contributed by atoms with Crippen LogP contribution >= 0.6 is 11.8 Å². The van der Waals surface area contributed by atoms with E-state index in [1.165, 1.54) is 0 Å². The largest absolute Gasteiger partial charge is 0.493 e. The molecule has 7 nitrogen and oxygen atoms in total. The molecule has 172 valence electrons. The maximum atomic E-state index is 13.0. The minimum Gasteiger partial charge on any atom is -0.493 e. The fraction of sp³-hybridized carbons (Fsp3) is 0.280. The Morgan fingerprint density at radius 3 is 2.55 bits per heavy atom. The summed E-state index contributed by atoms with van der Waals surface area (Å²) in [6.07, 6.45) is 1.61. The van der Waals surface area contributed by atoms with Gasteiger partial charge in [0.15, 0.2) is 11.5 Å². The highest BCUT2D eigenvalue weighted by Gasteiger charge is 2.33. The number of methoxy groups -OCH3 is 2. The molecular formula is C25H26N2O5S. The van der Waals surface area contributed by atoms with Crippen LogP contribution in [0.25, 0.3) is 0 Å². The summed E-state index contributed by atoms with van der Waals surface area (Å²) in [5.74, 6) is 2.45. The average molecular weight is 467 g/mol. The Balaban J connectivity index is 1.44. The third-order valence-corrected chi connectivity index (χ3v) is 6.79. The van der Waals surface area contributed by atoms with Crippen LogP contribution in [0.4, 0.5) is 0 Å². The number of furan rings is 1. The van der Waals surface area contributed by atoms with Gasteiger partial charge in [-0.2, -0.15) is 0 Å². The Morgan fingerprint density at radius 2 is 1.88 bits per heavy atom. The summed E-state index contributed by atoms with van der Waals surface area (Å²) in [6.45, 7) is 0.864. The molecule has 1 aromatic heterocycles. The number of rotatable bonds is 8. The van der Waals surface area contributed by atoms with Crippen LogP contribution in [-0.2, 0) is 17.9 Å². The van der Waals surface area contributed by atoms with Gasteiger partial charge in [0.05, 0.1) is 32.8 Å². The normalized spacial score (nSPS) is 15.5. The van der Waals surface area contributed by atoms with E-state index in [1.54, 1.807) is 44.2 Å². The fourth-order valence-electron chi connectivity index (χ4n) is 3.81. The molecule has 0 N–H and O–H groups in total. The van der Waals surface area contributed by atoms with E-state index >= 15 is 0 Å². The van der Waals surface area contributed by atoms with E-state index in [0.717, 1.165) is 16.9 Å². The van der Waals surface area contributed by atoms with Crippen LogP contribution in [0.5, 0.6) is 11.5 Å². The minimum atomic E-state index is -0.101. The Bertz CT molecular complexity index is 1110. The summed E-state index contributed by atoms with van der Waals surface area (Å²) >= 11 is 1.58. The molecule has 2 heterocycles. The zero-order valence-electron chi connectivity index (χ0n) is 18.8. The second kappa shape index (κ2) is 10.0. The van der Waals surface area contributed by atoms with Gasteiger partial charge in [-0.25, -0.2) is 0 Å². The fourth-order valence-corrected chi connectivity index (χ4v) is 4.99. The number of hydrogen-bond donors (Lipinski definition) is 0. The smallest absolute Gasteiger partial charge is 0.253 e. The topological polar surface area (TPSA) is 72.2 Å². The first-order chi connectivity index (χ1) is 16.0. The van der Waals surface area contributed by atoms with Crippen molar-refractivity contribution in [3.05, 3.63) is 83.3 Å². The van der Waals surface area contributed by atoms with Crippen molar-refractivity contribution in [2.75, 3.05) is 27.0 Å². The molecule has 0 spiro atoms. The predicted octanol–water partition coefficient (Wildman–Crippen LogP) is 4.34. The first-order valence-corrected chi connectivity index (χ1v) is 11.5. The maximum Gasteiger partial charge on any atom is 0.253 e. The summed E-state index contributed by atoms with van der Waals surface area (Å²) in [5, 5.41) is -0.101. The highest BCUT2D eigenvalue weighted by Crippen LogP contribution is 2.39. The zero-order valence-corrected chi connectivity index (χ0v) is 19.6. The molecule has 1 aliphatic rings. The lowest BCUT2D eigenvalue weighted by atomic mass is 10.1. The second-order valence-electron chi connectivity index (χ2n) is 7.74. The molecule has 4 rings (SSSR count). The van der Waals surface area contributed by atoms with Crippen molar-refractivity contribution in [2.24, 2.45) is 0 Å². The van der Waals surface area contributed by atoms with Gasteiger partial charge in [-0.3, -0.25) is 9.59 Å². The van der Waals surface area contributed by atoms with Gasteiger partial charge in [-0.05, 0) is 47.5 Å². The van der Waals surface area contributed by atoms with E-state index in [-0.39, 0.29) is 17.2 Å². The summed E-state index contributed by atoms with van der Waals surface area (Å²) in [6, 6.07) is 16.8. The van der Waals surface area contributed by atoms with Crippen molar-refractivity contribution in [1.29, 1.82) is 0 Å². The molecule has 0 aliphatic carbocycles. The lowest BCUT2D eigenvalue weighted by Gasteiger charge is -2.23. The van der Waals surface area contributed by atoms with E-state index < -0.39 is 0 Å². The molecule has 0 saturated carbocycles. The highest BCUT2D eigenvalue weighted by molar-refractivity contribution is 8.00. The van der Waals surface area contributed by atoms with Crippen LogP contribution in [0.15, 0.2) is 65.3 Å². The number of ether oxygens (including phenoxy) is 2. The van der Waals surface area contributed by atoms with Crippen molar-refractivity contribution in [2.45, 2.75) is 18.5 Å².